The van der Waals surface area contributed by atoms with Gasteiger partial charge < -0.3 is 0 Å². The Morgan fingerprint density at radius 2 is 1.84 bits per heavy atom. The first-order valence-corrected chi connectivity index (χ1v) is 8.68. The molecule has 0 saturated heterocycles. The van der Waals surface area contributed by atoms with Gasteiger partial charge in [0.2, 0.25) is 5.82 Å². The van der Waals surface area contributed by atoms with Gasteiger partial charge in [-0.1, -0.05) is 51.8 Å². The monoisotopic (exact) mass is 414 g/mol. The third-order valence-corrected chi connectivity index (χ3v) is 4.48. The minimum atomic E-state index is 0.524. The molecule has 0 aliphatic carbocycles. The summed E-state index contributed by atoms with van der Waals surface area (Å²) in [5.74, 6) is 0.524. The second kappa shape index (κ2) is 6.78. The van der Waals surface area contributed by atoms with Crippen LogP contribution in [0.5, 0.6) is 0 Å². The summed E-state index contributed by atoms with van der Waals surface area (Å²) in [6.45, 7) is 0.554. The van der Waals surface area contributed by atoms with Crippen molar-refractivity contribution in [3.8, 4) is 17.1 Å². The summed E-state index contributed by atoms with van der Waals surface area (Å²) in [4.78, 5) is 1.56. The van der Waals surface area contributed by atoms with Crippen LogP contribution in [0.2, 0.25) is 5.02 Å². The van der Waals surface area contributed by atoms with Crippen LogP contribution in [-0.2, 0) is 6.54 Å². The molecule has 2 aromatic carbocycles. The lowest BCUT2D eigenvalue weighted by Crippen LogP contribution is -2.03. The molecule has 2 heterocycles. The first kappa shape index (κ1) is 16.0. The second-order valence-electron chi connectivity index (χ2n) is 5.39. The Labute approximate surface area is 157 Å². The van der Waals surface area contributed by atoms with Crippen LogP contribution in [0.3, 0.4) is 0 Å². The van der Waals surface area contributed by atoms with Crippen LogP contribution in [0.25, 0.3) is 17.1 Å². The van der Waals surface area contributed by atoms with Crippen molar-refractivity contribution in [2.24, 2.45) is 0 Å². The maximum atomic E-state index is 6.21. The van der Waals surface area contributed by atoms with Crippen LogP contribution >= 0.6 is 27.5 Å². The van der Waals surface area contributed by atoms with E-state index in [9.17, 15) is 0 Å². The van der Waals surface area contributed by atoms with E-state index < -0.39 is 0 Å². The van der Waals surface area contributed by atoms with Crippen LogP contribution in [0.4, 0.5) is 0 Å². The van der Waals surface area contributed by atoms with E-state index in [1.807, 2.05) is 54.7 Å². The van der Waals surface area contributed by atoms with Crippen LogP contribution in [-0.4, -0.2) is 30.0 Å². The normalized spacial score (nSPS) is 11.0. The summed E-state index contributed by atoms with van der Waals surface area (Å²) in [7, 11) is 0. The highest BCUT2D eigenvalue weighted by atomic mass is 79.9. The Morgan fingerprint density at radius 3 is 2.64 bits per heavy atom. The molecule has 0 radical (unpaired) electrons. The topological polar surface area (TPSA) is 61.4 Å². The van der Waals surface area contributed by atoms with Crippen molar-refractivity contribution < 1.29 is 0 Å². The first-order chi connectivity index (χ1) is 12.2. The third kappa shape index (κ3) is 3.47. The molecule has 0 amide bonds. The molecule has 0 fully saturated rings. The molecule has 25 heavy (non-hydrogen) atoms. The van der Waals surface area contributed by atoms with Crippen molar-refractivity contribution in [1.82, 2.24) is 30.0 Å². The average Bonchev–Trinajstić information content (AvgIpc) is 3.27. The number of tetrazole rings is 1. The summed E-state index contributed by atoms with van der Waals surface area (Å²) < 4.78 is 2.74. The van der Waals surface area contributed by atoms with Gasteiger partial charge in [-0.3, -0.25) is 0 Å². The van der Waals surface area contributed by atoms with Crippen molar-refractivity contribution in [3.63, 3.8) is 0 Å². The number of hydrogen-bond donors (Lipinski definition) is 0. The standard InChI is InChI=1S/C17H12BrClN6/c18-14-7-5-12(6-8-14)10-25-22-17(21-23-25)13-9-20-24(11-13)16-4-2-1-3-15(16)19/h1-9,11H,10H2. The lowest BCUT2D eigenvalue weighted by molar-refractivity contribution is 0.573. The van der Waals surface area contributed by atoms with Gasteiger partial charge >= 0.3 is 0 Å². The van der Waals surface area contributed by atoms with Gasteiger partial charge in [-0.25, -0.2) is 4.68 Å². The quantitative estimate of drug-likeness (QED) is 0.506. The summed E-state index contributed by atoms with van der Waals surface area (Å²) in [5, 5.41) is 17.6. The Morgan fingerprint density at radius 1 is 1.04 bits per heavy atom. The average molecular weight is 416 g/mol. The maximum Gasteiger partial charge on any atom is 0.208 e. The molecule has 0 atom stereocenters. The summed E-state index contributed by atoms with van der Waals surface area (Å²) in [6, 6.07) is 15.5. The van der Waals surface area contributed by atoms with Crippen LogP contribution in [0.15, 0.2) is 65.4 Å². The lowest BCUT2D eigenvalue weighted by atomic mass is 10.2. The highest BCUT2D eigenvalue weighted by Gasteiger charge is 2.11. The van der Waals surface area contributed by atoms with E-state index in [4.69, 9.17) is 11.6 Å². The molecule has 4 rings (SSSR count). The van der Waals surface area contributed by atoms with Gasteiger partial charge in [-0.05, 0) is 35.0 Å². The van der Waals surface area contributed by atoms with Crippen LogP contribution < -0.4 is 0 Å². The summed E-state index contributed by atoms with van der Waals surface area (Å²) in [5.41, 5.74) is 2.68. The summed E-state index contributed by atoms with van der Waals surface area (Å²) >= 11 is 9.63. The minimum absolute atomic E-state index is 0.524. The molecule has 0 bridgehead atoms. The number of halogens is 2. The molecule has 0 unspecified atom stereocenters. The second-order valence-corrected chi connectivity index (χ2v) is 6.72. The molecular weight excluding hydrogens is 404 g/mol. The van der Waals surface area contributed by atoms with Crippen molar-refractivity contribution in [3.05, 3.63) is 76.0 Å². The minimum Gasteiger partial charge on any atom is -0.239 e. The van der Waals surface area contributed by atoms with Gasteiger partial charge in [0.1, 0.15) is 0 Å². The SMILES string of the molecule is Clc1ccccc1-n1cc(-c2nnn(Cc3ccc(Br)cc3)n2)cn1. The highest BCUT2D eigenvalue weighted by Crippen LogP contribution is 2.21. The van der Waals surface area contributed by atoms with Crippen molar-refractivity contribution >= 4 is 27.5 Å². The largest absolute Gasteiger partial charge is 0.239 e. The van der Waals surface area contributed by atoms with Gasteiger partial charge in [0, 0.05) is 10.7 Å². The van der Waals surface area contributed by atoms with Gasteiger partial charge in [0.25, 0.3) is 0 Å². The smallest absolute Gasteiger partial charge is 0.208 e. The van der Waals surface area contributed by atoms with Gasteiger partial charge in [-0.2, -0.15) is 9.90 Å². The molecule has 0 spiro atoms. The fourth-order valence-electron chi connectivity index (χ4n) is 2.39. The van der Waals surface area contributed by atoms with E-state index in [0.717, 1.165) is 21.3 Å². The molecule has 8 heteroatoms. The molecule has 124 valence electrons. The number of hydrogen-bond acceptors (Lipinski definition) is 4. The molecule has 0 aliphatic rings. The fraction of sp³-hybridized carbons (Fsp3) is 0.0588. The van der Waals surface area contributed by atoms with Crippen LogP contribution in [0.1, 0.15) is 5.56 Å². The number of nitrogens with zero attached hydrogens (tertiary/aromatic N) is 6. The number of rotatable bonds is 4. The maximum absolute atomic E-state index is 6.21. The van der Waals surface area contributed by atoms with Crippen molar-refractivity contribution in [2.75, 3.05) is 0 Å². The molecular formula is C17H12BrClN6. The van der Waals surface area contributed by atoms with Gasteiger partial charge in [-0.15, -0.1) is 10.2 Å². The van der Waals surface area contributed by atoms with E-state index in [0.29, 0.717) is 17.4 Å². The Kier molecular flexibility index (Phi) is 4.33. The predicted octanol–water partition coefficient (Wildman–Crippen LogP) is 3.99. The Balaban J connectivity index is 1.56. The van der Waals surface area contributed by atoms with Gasteiger partial charge in [0.15, 0.2) is 0 Å². The lowest BCUT2D eigenvalue weighted by Gasteiger charge is -2.02. The zero-order valence-corrected chi connectivity index (χ0v) is 15.3. The first-order valence-electron chi connectivity index (χ1n) is 7.51. The number of para-hydroxylation sites is 1. The van der Waals surface area contributed by atoms with E-state index in [-0.39, 0.29) is 0 Å². The number of benzene rings is 2. The summed E-state index contributed by atoms with van der Waals surface area (Å²) in [6.07, 6.45) is 3.53. The predicted molar refractivity (Wildman–Crippen MR) is 98.6 cm³/mol. The van der Waals surface area contributed by atoms with E-state index in [1.165, 1.54) is 0 Å². The molecule has 2 aromatic heterocycles. The highest BCUT2D eigenvalue weighted by molar-refractivity contribution is 9.10. The Hall–Kier alpha value is -2.51. The van der Waals surface area contributed by atoms with Crippen LogP contribution in [0, 0.1) is 0 Å². The zero-order chi connectivity index (χ0) is 17.2. The van der Waals surface area contributed by atoms with E-state index in [2.05, 4.69) is 36.4 Å². The molecule has 0 aliphatic heterocycles. The molecule has 6 nitrogen and oxygen atoms in total. The molecule has 4 aromatic rings. The van der Waals surface area contributed by atoms with Crippen molar-refractivity contribution in [2.45, 2.75) is 6.54 Å². The van der Waals surface area contributed by atoms with Crippen molar-refractivity contribution in [1.29, 1.82) is 0 Å². The Bertz CT molecular complexity index is 1010. The number of aromatic nitrogens is 6. The van der Waals surface area contributed by atoms with Gasteiger partial charge in [0.05, 0.1) is 29.0 Å². The fourth-order valence-corrected chi connectivity index (χ4v) is 2.87. The zero-order valence-electron chi connectivity index (χ0n) is 12.9. The molecule has 0 N–H and O–H groups in total. The van der Waals surface area contributed by atoms with E-state index in [1.54, 1.807) is 15.7 Å². The van der Waals surface area contributed by atoms with E-state index >= 15 is 0 Å². The third-order valence-electron chi connectivity index (χ3n) is 3.63. The molecule has 0 saturated carbocycles.